The topological polar surface area (TPSA) is 87.0 Å². The van der Waals surface area contributed by atoms with E-state index in [4.69, 9.17) is 9.84 Å². The highest BCUT2D eigenvalue weighted by Gasteiger charge is 2.35. The Kier molecular flexibility index (Phi) is 3.24. The molecule has 0 saturated carbocycles. The quantitative estimate of drug-likeness (QED) is 0.721. The summed E-state index contributed by atoms with van der Waals surface area (Å²) in [7, 11) is 0. The molecule has 0 radical (unpaired) electrons. The maximum atomic E-state index is 10.5. The van der Waals surface area contributed by atoms with Crippen molar-refractivity contribution in [2.24, 2.45) is 0 Å². The Bertz CT molecular complexity index is 540. The lowest BCUT2D eigenvalue weighted by molar-refractivity contribution is -0.131. The van der Waals surface area contributed by atoms with Crippen molar-refractivity contribution in [2.45, 2.75) is 32.0 Å². The Hall–Kier alpha value is -2.01. The minimum absolute atomic E-state index is 0.0485. The molecule has 1 aromatic carbocycles. The van der Waals surface area contributed by atoms with E-state index in [-0.39, 0.29) is 11.9 Å². The predicted molar refractivity (Wildman–Crippen MR) is 69.2 cm³/mol. The summed E-state index contributed by atoms with van der Waals surface area (Å²) in [4.78, 5) is 10.5. The van der Waals surface area contributed by atoms with Gasteiger partial charge < -0.3 is 20.1 Å². The van der Waals surface area contributed by atoms with Gasteiger partial charge in [-0.25, -0.2) is 4.79 Å². The summed E-state index contributed by atoms with van der Waals surface area (Å²) < 4.78 is 5.58. The molecule has 0 saturated heterocycles. The highest BCUT2D eigenvalue weighted by molar-refractivity contribution is 5.86. The van der Waals surface area contributed by atoms with Gasteiger partial charge in [-0.1, -0.05) is 0 Å². The molecule has 5 nitrogen and oxygen atoms in total. The molecule has 3 N–H and O–H groups in total. The summed E-state index contributed by atoms with van der Waals surface area (Å²) >= 11 is 0. The molecule has 0 aromatic heterocycles. The summed E-state index contributed by atoms with van der Waals surface area (Å²) in [6.07, 6.45) is 2.44. The second kappa shape index (κ2) is 4.59. The van der Waals surface area contributed by atoms with Crippen LogP contribution >= 0.6 is 0 Å². The molecule has 0 fully saturated rings. The molecule has 19 heavy (non-hydrogen) atoms. The van der Waals surface area contributed by atoms with Crippen LogP contribution in [0.15, 0.2) is 18.2 Å². The first-order valence-electron chi connectivity index (χ1n) is 5.93. The number of phenolic OH excluding ortho intramolecular Hbond substituents is 1. The Morgan fingerprint density at radius 3 is 2.74 bits per heavy atom. The maximum Gasteiger partial charge on any atom is 0.328 e. The molecule has 1 atom stereocenters. The van der Waals surface area contributed by atoms with Gasteiger partial charge >= 0.3 is 5.97 Å². The number of aromatic hydroxyl groups is 1. The molecule has 1 heterocycles. The summed E-state index contributed by atoms with van der Waals surface area (Å²) in [5, 5.41) is 28.3. The molecule has 0 spiro atoms. The number of carboxylic acids is 1. The summed E-state index contributed by atoms with van der Waals surface area (Å²) in [6.45, 7) is 3.32. The van der Waals surface area contributed by atoms with Crippen LogP contribution in [0.2, 0.25) is 0 Å². The number of fused-ring (bicyclic) bond motifs is 1. The number of rotatable bonds is 3. The van der Waals surface area contributed by atoms with Crippen molar-refractivity contribution in [1.29, 1.82) is 0 Å². The molecule has 1 aliphatic rings. The van der Waals surface area contributed by atoms with Crippen molar-refractivity contribution >= 4 is 12.0 Å². The van der Waals surface area contributed by atoms with E-state index >= 15 is 0 Å². The highest BCUT2D eigenvalue weighted by Crippen LogP contribution is 2.37. The monoisotopic (exact) mass is 264 g/mol. The van der Waals surface area contributed by atoms with E-state index in [1.807, 2.05) is 0 Å². The number of ether oxygens (including phenoxy) is 1. The fourth-order valence-corrected chi connectivity index (χ4v) is 1.99. The first kappa shape index (κ1) is 13.4. The first-order valence-corrected chi connectivity index (χ1v) is 5.93. The number of carboxylic acid groups (broad SMARTS) is 1. The van der Waals surface area contributed by atoms with E-state index in [1.54, 1.807) is 19.9 Å². The Balaban J connectivity index is 2.30. The van der Waals surface area contributed by atoms with E-state index in [0.29, 0.717) is 17.7 Å². The number of aliphatic hydroxyl groups is 1. The van der Waals surface area contributed by atoms with Gasteiger partial charge in [0, 0.05) is 24.1 Å². The van der Waals surface area contributed by atoms with Gasteiger partial charge in [0.1, 0.15) is 17.6 Å². The number of carbonyl (C=O) groups is 1. The molecule has 0 amide bonds. The number of hydrogen-bond acceptors (Lipinski definition) is 4. The SMILES string of the molecule is CC(C)(O)[C@H]1Cc2cc(/C=C/C(=O)O)c(O)cc2O1. The second-order valence-electron chi connectivity index (χ2n) is 5.15. The van der Waals surface area contributed by atoms with E-state index in [2.05, 4.69) is 0 Å². The zero-order chi connectivity index (χ0) is 14.2. The van der Waals surface area contributed by atoms with Gasteiger partial charge in [-0.2, -0.15) is 0 Å². The molecular formula is C14H16O5. The third kappa shape index (κ3) is 2.88. The van der Waals surface area contributed by atoms with Gasteiger partial charge in [-0.05, 0) is 31.6 Å². The van der Waals surface area contributed by atoms with E-state index < -0.39 is 11.6 Å². The number of benzene rings is 1. The van der Waals surface area contributed by atoms with E-state index in [1.165, 1.54) is 12.1 Å². The molecule has 2 rings (SSSR count). The van der Waals surface area contributed by atoms with Crippen molar-refractivity contribution in [3.63, 3.8) is 0 Å². The molecule has 0 aliphatic carbocycles. The van der Waals surface area contributed by atoms with Crippen LogP contribution in [-0.2, 0) is 11.2 Å². The van der Waals surface area contributed by atoms with Crippen molar-refractivity contribution in [2.75, 3.05) is 0 Å². The van der Waals surface area contributed by atoms with Crippen LogP contribution in [0.5, 0.6) is 11.5 Å². The number of phenols is 1. The van der Waals surface area contributed by atoms with Crippen LogP contribution in [0.3, 0.4) is 0 Å². The summed E-state index contributed by atoms with van der Waals surface area (Å²) in [5.74, 6) is -0.602. The largest absolute Gasteiger partial charge is 0.507 e. The molecule has 1 aliphatic heterocycles. The van der Waals surface area contributed by atoms with Crippen LogP contribution in [0.4, 0.5) is 0 Å². The minimum atomic E-state index is -1.08. The Labute approximate surface area is 110 Å². The minimum Gasteiger partial charge on any atom is -0.507 e. The van der Waals surface area contributed by atoms with Crippen molar-refractivity contribution in [1.82, 2.24) is 0 Å². The first-order chi connectivity index (χ1) is 8.77. The third-order valence-corrected chi connectivity index (χ3v) is 3.08. The summed E-state index contributed by atoms with van der Waals surface area (Å²) in [5.41, 5.74) is 0.280. The van der Waals surface area contributed by atoms with Gasteiger partial charge in [0.15, 0.2) is 0 Å². The Morgan fingerprint density at radius 1 is 1.47 bits per heavy atom. The highest BCUT2D eigenvalue weighted by atomic mass is 16.5. The smallest absolute Gasteiger partial charge is 0.328 e. The second-order valence-corrected chi connectivity index (χ2v) is 5.15. The number of aliphatic carboxylic acids is 1. The lowest BCUT2D eigenvalue weighted by Gasteiger charge is -2.24. The molecule has 5 heteroatoms. The fraction of sp³-hybridized carbons (Fsp3) is 0.357. The molecule has 0 bridgehead atoms. The average molecular weight is 264 g/mol. The fourth-order valence-electron chi connectivity index (χ4n) is 1.99. The van der Waals surface area contributed by atoms with Crippen molar-refractivity contribution in [3.05, 3.63) is 29.3 Å². The van der Waals surface area contributed by atoms with Crippen LogP contribution in [0, 0.1) is 0 Å². The maximum absolute atomic E-state index is 10.5. The van der Waals surface area contributed by atoms with Crippen molar-refractivity contribution < 1.29 is 24.9 Å². The van der Waals surface area contributed by atoms with Gasteiger partial charge in [0.25, 0.3) is 0 Å². The van der Waals surface area contributed by atoms with Crippen LogP contribution < -0.4 is 4.74 Å². The third-order valence-electron chi connectivity index (χ3n) is 3.08. The standard InChI is InChI=1S/C14H16O5/c1-14(2,18)12-6-9-5-8(3-4-13(16)17)10(15)7-11(9)19-12/h3-5,7,12,15,18H,6H2,1-2H3,(H,16,17)/b4-3+/t12-/m1/s1. The van der Waals surface area contributed by atoms with E-state index in [0.717, 1.165) is 11.6 Å². The van der Waals surface area contributed by atoms with Gasteiger partial charge in [0.2, 0.25) is 0 Å². The van der Waals surface area contributed by atoms with E-state index in [9.17, 15) is 15.0 Å². The zero-order valence-corrected chi connectivity index (χ0v) is 10.8. The zero-order valence-electron chi connectivity index (χ0n) is 10.8. The average Bonchev–Trinajstić information content (AvgIpc) is 2.68. The van der Waals surface area contributed by atoms with Crippen LogP contribution in [0.1, 0.15) is 25.0 Å². The Morgan fingerprint density at radius 2 is 2.16 bits per heavy atom. The predicted octanol–water partition coefficient (Wildman–Crippen LogP) is 1.56. The van der Waals surface area contributed by atoms with Crippen LogP contribution in [-0.4, -0.2) is 33.0 Å². The lowest BCUT2D eigenvalue weighted by Crippen LogP contribution is -2.39. The van der Waals surface area contributed by atoms with Crippen molar-refractivity contribution in [3.8, 4) is 11.5 Å². The molecule has 0 unspecified atom stereocenters. The lowest BCUT2D eigenvalue weighted by atomic mass is 9.96. The normalized spacial score (nSPS) is 18.4. The van der Waals surface area contributed by atoms with Crippen LogP contribution in [0.25, 0.3) is 6.08 Å². The summed E-state index contributed by atoms with van der Waals surface area (Å²) in [6, 6.07) is 3.12. The molecule has 1 aromatic rings. The number of hydrogen-bond donors (Lipinski definition) is 3. The van der Waals surface area contributed by atoms with Gasteiger partial charge in [-0.3, -0.25) is 0 Å². The van der Waals surface area contributed by atoms with Gasteiger partial charge in [-0.15, -0.1) is 0 Å². The molecular weight excluding hydrogens is 248 g/mol. The molecule has 102 valence electrons. The van der Waals surface area contributed by atoms with Gasteiger partial charge in [0.05, 0.1) is 5.60 Å².